The molecule has 6 rings (SSSR count). The van der Waals surface area contributed by atoms with Gasteiger partial charge in [0.15, 0.2) is 11.5 Å². The van der Waals surface area contributed by atoms with Gasteiger partial charge in [0, 0.05) is 40.9 Å². The van der Waals surface area contributed by atoms with Crippen LogP contribution in [0.25, 0.3) is 0 Å². The van der Waals surface area contributed by atoms with Gasteiger partial charge in [-0.25, -0.2) is 0 Å². The first-order valence-corrected chi connectivity index (χ1v) is 11.8. The molecule has 2 bridgehead atoms. The zero-order valence-corrected chi connectivity index (χ0v) is 19.9. The van der Waals surface area contributed by atoms with Gasteiger partial charge in [-0.3, -0.25) is 9.80 Å². The van der Waals surface area contributed by atoms with E-state index in [9.17, 15) is 15.5 Å². The molecule has 2 aromatic carbocycles. The number of benzene rings is 2. The molecule has 5 atom stereocenters. The molecule has 0 spiro atoms. The lowest BCUT2D eigenvalue weighted by atomic mass is 9.71. The van der Waals surface area contributed by atoms with Gasteiger partial charge >= 0.3 is 0 Å². The second-order valence-corrected chi connectivity index (χ2v) is 10.1. The fourth-order valence-corrected chi connectivity index (χ4v) is 6.94. The van der Waals surface area contributed by atoms with Gasteiger partial charge in [0.2, 0.25) is 6.79 Å². The van der Waals surface area contributed by atoms with Crippen LogP contribution in [0.2, 0.25) is 0 Å². The van der Waals surface area contributed by atoms with E-state index in [1.165, 1.54) is 0 Å². The predicted molar refractivity (Wildman–Crippen MR) is 125 cm³/mol. The quantitative estimate of drug-likeness (QED) is 0.592. The summed E-state index contributed by atoms with van der Waals surface area (Å²) in [5, 5.41) is 32.9. The van der Waals surface area contributed by atoms with Gasteiger partial charge in [-0.15, -0.1) is 0 Å². The summed E-state index contributed by atoms with van der Waals surface area (Å²) in [5.41, 5.74) is 12.7. The SMILES string of the molecule is Cc1cc2c(c(O)c1C)[C@@H]1C3Cc4c(O)c(C)c5c(c4[C@H](CN)N3[C@@H](C#N)[C@@H](C2)N1C)OCO5. The molecule has 0 amide bonds. The van der Waals surface area contributed by atoms with Gasteiger partial charge < -0.3 is 25.4 Å². The van der Waals surface area contributed by atoms with Crippen LogP contribution in [0.1, 0.15) is 51.0 Å². The topological polar surface area (TPSA) is 115 Å². The number of nitrogens with two attached hydrogens (primary N) is 1. The maximum absolute atomic E-state index is 11.3. The number of nitriles is 1. The standard InChI is InChI=1S/C26H30N4O4/c1-11-5-14-6-16-18(8-27)30-17(22(29(16)4)20(14)24(32)12(11)2)7-15-21(19(30)9-28)26-25(33-10-34-26)13(3)23(15)31/h5,16-19,22,31-32H,6-7,9-10,28H2,1-4H3/t16-,17?,18+,19+,22+/m1/s1. The maximum atomic E-state index is 11.3. The first-order chi connectivity index (χ1) is 16.3. The van der Waals surface area contributed by atoms with E-state index >= 15 is 0 Å². The smallest absolute Gasteiger partial charge is 0.231 e. The highest BCUT2D eigenvalue weighted by Crippen LogP contribution is 2.57. The van der Waals surface area contributed by atoms with Crippen LogP contribution >= 0.6 is 0 Å². The van der Waals surface area contributed by atoms with Gasteiger partial charge in [0.05, 0.1) is 18.2 Å². The van der Waals surface area contributed by atoms with E-state index in [2.05, 4.69) is 21.9 Å². The lowest BCUT2D eigenvalue weighted by Crippen LogP contribution is -2.68. The molecule has 8 heteroatoms. The third-order valence-corrected chi connectivity index (χ3v) is 8.68. The Balaban J connectivity index is 1.61. The molecular formula is C26H30N4O4. The summed E-state index contributed by atoms with van der Waals surface area (Å²) < 4.78 is 11.6. The average molecular weight is 463 g/mol. The van der Waals surface area contributed by atoms with E-state index in [4.69, 9.17) is 15.2 Å². The Kier molecular flexibility index (Phi) is 4.59. The summed E-state index contributed by atoms with van der Waals surface area (Å²) in [6.45, 7) is 6.17. The molecule has 1 fully saturated rings. The number of phenols is 2. The monoisotopic (exact) mass is 462 g/mol. The molecule has 4 N–H and O–H groups in total. The lowest BCUT2D eigenvalue weighted by Gasteiger charge is -2.60. The molecule has 34 heavy (non-hydrogen) atoms. The fourth-order valence-electron chi connectivity index (χ4n) is 6.94. The van der Waals surface area contributed by atoms with E-state index in [0.717, 1.165) is 33.4 Å². The molecule has 2 aromatic rings. The molecule has 1 unspecified atom stereocenters. The number of ether oxygens (including phenoxy) is 2. The molecule has 4 aliphatic rings. The fraction of sp³-hybridized carbons (Fsp3) is 0.500. The Morgan fingerprint density at radius 2 is 1.79 bits per heavy atom. The summed E-state index contributed by atoms with van der Waals surface area (Å²) >= 11 is 0. The van der Waals surface area contributed by atoms with Gasteiger partial charge in [0.25, 0.3) is 0 Å². The van der Waals surface area contributed by atoms with Crippen molar-refractivity contribution in [2.75, 3.05) is 20.4 Å². The van der Waals surface area contributed by atoms with E-state index in [1.54, 1.807) is 0 Å². The van der Waals surface area contributed by atoms with Crippen molar-refractivity contribution in [3.05, 3.63) is 45.0 Å². The zero-order valence-electron chi connectivity index (χ0n) is 19.9. The van der Waals surface area contributed by atoms with Crippen molar-refractivity contribution in [2.45, 2.75) is 63.8 Å². The molecule has 4 aliphatic heterocycles. The Labute approximate surface area is 199 Å². The van der Waals surface area contributed by atoms with Crippen molar-refractivity contribution < 1.29 is 19.7 Å². The number of likely N-dealkylation sites (N-methyl/N-ethyl adjacent to an activating group) is 1. The minimum Gasteiger partial charge on any atom is -0.507 e. The first kappa shape index (κ1) is 21.5. The van der Waals surface area contributed by atoms with Gasteiger partial charge in [0.1, 0.15) is 17.5 Å². The Hall–Kier alpha value is -2.99. The van der Waals surface area contributed by atoms with Gasteiger partial charge in [-0.05, 0) is 57.4 Å². The summed E-state index contributed by atoms with van der Waals surface area (Å²) in [6.07, 6.45) is 1.19. The minimum atomic E-state index is -0.397. The largest absolute Gasteiger partial charge is 0.507 e. The van der Waals surface area contributed by atoms with Crippen molar-refractivity contribution in [1.82, 2.24) is 9.80 Å². The van der Waals surface area contributed by atoms with Crippen LogP contribution in [0, 0.1) is 32.1 Å². The second kappa shape index (κ2) is 7.25. The van der Waals surface area contributed by atoms with Gasteiger partial charge in [-0.1, -0.05) is 6.07 Å². The molecule has 0 aliphatic carbocycles. The molecular weight excluding hydrogens is 432 g/mol. The van der Waals surface area contributed by atoms with Crippen LogP contribution < -0.4 is 15.2 Å². The summed E-state index contributed by atoms with van der Waals surface area (Å²) in [6, 6.07) is 3.71. The highest BCUT2D eigenvalue weighted by Gasteiger charge is 2.56. The van der Waals surface area contributed by atoms with Crippen LogP contribution in [-0.4, -0.2) is 58.5 Å². The molecule has 1 saturated heterocycles. The number of fused-ring (bicyclic) bond motifs is 9. The third kappa shape index (κ3) is 2.52. The highest BCUT2D eigenvalue weighted by atomic mass is 16.7. The molecule has 8 nitrogen and oxygen atoms in total. The number of rotatable bonds is 1. The van der Waals surface area contributed by atoms with Crippen LogP contribution in [0.3, 0.4) is 0 Å². The lowest BCUT2D eigenvalue weighted by molar-refractivity contribution is -0.0709. The normalized spacial score (nSPS) is 29.2. The average Bonchev–Trinajstić information content (AvgIpc) is 3.31. The van der Waals surface area contributed by atoms with Crippen LogP contribution in [-0.2, 0) is 12.8 Å². The number of hydrogen-bond acceptors (Lipinski definition) is 8. The Morgan fingerprint density at radius 3 is 2.50 bits per heavy atom. The van der Waals surface area contributed by atoms with Crippen LogP contribution in [0.4, 0.5) is 0 Å². The predicted octanol–water partition coefficient (Wildman–Crippen LogP) is 2.48. The number of phenolic OH excluding ortho intramolecular Hbond substituents is 2. The number of piperazine rings is 1. The number of aromatic hydroxyl groups is 2. The van der Waals surface area contributed by atoms with Crippen LogP contribution in [0.5, 0.6) is 23.0 Å². The summed E-state index contributed by atoms with van der Waals surface area (Å²) in [4.78, 5) is 4.48. The molecule has 178 valence electrons. The van der Waals surface area contributed by atoms with Crippen molar-refractivity contribution in [2.24, 2.45) is 5.73 Å². The minimum absolute atomic E-state index is 0.0416. The number of nitrogens with zero attached hydrogens (tertiary/aromatic N) is 3. The van der Waals surface area contributed by atoms with Crippen molar-refractivity contribution in [3.8, 4) is 29.1 Å². The Bertz CT molecular complexity index is 1270. The summed E-state index contributed by atoms with van der Waals surface area (Å²) in [5.74, 6) is 1.73. The third-order valence-electron chi connectivity index (χ3n) is 8.68. The van der Waals surface area contributed by atoms with Crippen molar-refractivity contribution in [3.63, 3.8) is 0 Å². The van der Waals surface area contributed by atoms with Crippen molar-refractivity contribution in [1.29, 1.82) is 5.26 Å². The summed E-state index contributed by atoms with van der Waals surface area (Å²) in [7, 11) is 2.05. The molecule has 4 heterocycles. The second-order valence-electron chi connectivity index (χ2n) is 10.1. The first-order valence-electron chi connectivity index (χ1n) is 11.8. The van der Waals surface area contributed by atoms with Crippen molar-refractivity contribution >= 4 is 0 Å². The number of hydrogen-bond donors (Lipinski definition) is 3. The van der Waals surface area contributed by atoms with E-state index in [0.29, 0.717) is 35.7 Å². The number of aryl methyl sites for hydroxylation is 1. The maximum Gasteiger partial charge on any atom is 0.231 e. The van der Waals surface area contributed by atoms with E-state index < -0.39 is 6.04 Å². The van der Waals surface area contributed by atoms with Gasteiger partial charge in [-0.2, -0.15) is 5.26 Å². The van der Waals surface area contributed by atoms with E-state index in [1.807, 2.05) is 27.8 Å². The van der Waals surface area contributed by atoms with Crippen LogP contribution in [0.15, 0.2) is 6.07 Å². The highest BCUT2D eigenvalue weighted by molar-refractivity contribution is 5.66. The molecule has 0 aromatic heterocycles. The van der Waals surface area contributed by atoms with E-state index in [-0.39, 0.29) is 43.3 Å². The Morgan fingerprint density at radius 1 is 1.06 bits per heavy atom. The molecule has 0 saturated carbocycles. The zero-order chi connectivity index (χ0) is 24.0. The molecule has 0 radical (unpaired) electrons.